The van der Waals surface area contributed by atoms with Gasteiger partial charge in [-0.2, -0.15) is 47.9 Å². The summed E-state index contributed by atoms with van der Waals surface area (Å²) in [5.41, 5.74) is -0.0279. The summed E-state index contributed by atoms with van der Waals surface area (Å²) in [6.45, 7) is 0.956. The Morgan fingerprint density at radius 1 is 0.917 bits per heavy atom. The van der Waals surface area contributed by atoms with Crippen molar-refractivity contribution in [3.63, 3.8) is 0 Å². The number of likely N-dealkylation sites (tertiary alicyclic amines) is 2. The van der Waals surface area contributed by atoms with Crippen molar-refractivity contribution in [2.45, 2.75) is 92.5 Å². The summed E-state index contributed by atoms with van der Waals surface area (Å²) in [5, 5.41) is -2.15. The number of amides is 3. The van der Waals surface area contributed by atoms with Crippen LogP contribution in [-0.4, -0.2) is 109 Å². The minimum atomic E-state index is -7.57. The van der Waals surface area contributed by atoms with Gasteiger partial charge in [0.15, 0.2) is 0 Å². The number of fused-ring (bicyclic) bond motifs is 1. The van der Waals surface area contributed by atoms with E-state index in [0.717, 1.165) is 43.3 Å². The number of carbonyl (C=O) groups is 3. The van der Waals surface area contributed by atoms with Crippen molar-refractivity contribution in [3.05, 3.63) is 71.2 Å². The average molecular weight is 888 g/mol. The van der Waals surface area contributed by atoms with E-state index in [1.54, 1.807) is 0 Å². The number of nitrogens with zero attached hydrogens (tertiary/aromatic N) is 3. The summed E-state index contributed by atoms with van der Waals surface area (Å²) >= 11 is 0. The van der Waals surface area contributed by atoms with E-state index in [9.17, 15) is 71.1 Å². The third-order valence-corrected chi connectivity index (χ3v) is 11.9. The third-order valence-electron chi connectivity index (χ3n) is 10.6. The molecule has 23 heteroatoms. The van der Waals surface area contributed by atoms with Gasteiger partial charge < -0.3 is 19.7 Å². The summed E-state index contributed by atoms with van der Waals surface area (Å²) in [4.78, 5) is 46.7. The lowest BCUT2D eigenvalue weighted by atomic mass is 9.88. The number of rotatable bonds is 13. The van der Waals surface area contributed by atoms with Crippen molar-refractivity contribution >= 4 is 38.7 Å². The van der Waals surface area contributed by atoms with E-state index in [-0.39, 0.29) is 17.1 Å². The van der Waals surface area contributed by atoms with Crippen LogP contribution in [0.3, 0.4) is 0 Å². The van der Waals surface area contributed by atoms with Crippen LogP contribution >= 0.6 is 0 Å². The van der Waals surface area contributed by atoms with Gasteiger partial charge in [-0.25, -0.2) is 13.8 Å². The monoisotopic (exact) mass is 887 g/mol. The van der Waals surface area contributed by atoms with Gasteiger partial charge in [-0.3, -0.25) is 19.3 Å². The number of piperidine rings is 1. The number of benzene rings is 2. The molecule has 2 saturated heterocycles. The first-order valence-electron chi connectivity index (χ1n) is 18.4. The Bertz CT molecular complexity index is 2260. The maximum absolute atomic E-state index is 14.8. The summed E-state index contributed by atoms with van der Waals surface area (Å²) < 4.78 is 181. The highest BCUT2D eigenvalue weighted by Gasteiger charge is 2.86. The fourth-order valence-corrected chi connectivity index (χ4v) is 8.18. The van der Waals surface area contributed by atoms with Crippen LogP contribution in [0.1, 0.15) is 72.6 Å². The second kappa shape index (κ2) is 16.2. The molecule has 1 unspecified atom stereocenters. The second-order valence-electron chi connectivity index (χ2n) is 14.9. The van der Waals surface area contributed by atoms with Crippen LogP contribution in [0.4, 0.5) is 48.3 Å². The molecule has 0 bridgehead atoms. The summed E-state index contributed by atoms with van der Waals surface area (Å²) in [5.74, 6) is -20.1. The number of hydrogen-bond donors (Lipinski definition) is 2. The molecule has 1 aromatic heterocycles. The normalized spacial score (nSPS) is 21.5. The van der Waals surface area contributed by atoms with Crippen molar-refractivity contribution in [3.8, 4) is 5.75 Å². The molecule has 0 spiro atoms. The molecule has 11 nitrogen and oxygen atoms in total. The predicted octanol–water partition coefficient (Wildman–Crippen LogP) is 6.40. The van der Waals surface area contributed by atoms with Crippen molar-refractivity contribution in [2.75, 3.05) is 26.2 Å². The smallest absolute Gasteiger partial charge is 0.378 e. The van der Waals surface area contributed by atoms with Crippen LogP contribution < -0.4 is 14.8 Å². The molecule has 328 valence electrons. The zero-order chi connectivity index (χ0) is 44.2. The van der Waals surface area contributed by atoms with E-state index in [1.807, 2.05) is 0 Å². The molecular formula is C37H36F11N5O6S. The summed E-state index contributed by atoms with van der Waals surface area (Å²) in [6, 6.07) is 6.47. The Hall–Kier alpha value is -4.80. The fraction of sp³-hybridized carbons (Fsp3) is 0.514. The van der Waals surface area contributed by atoms with Crippen molar-refractivity contribution in [2.24, 2.45) is 0 Å². The van der Waals surface area contributed by atoms with Gasteiger partial charge in [0.25, 0.3) is 5.91 Å². The Morgan fingerprint density at radius 3 is 2.28 bits per heavy atom. The molecule has 60 heavy (non-hydrogen) atoms. The molecule has 2 aromatic carbocycles. The van der Waals surface area contributed by atoms with Crippen LogP contribution in [0.15, 0.2) is 48.5 Å². The maximum atomic E-state index is 14.8. The zero-order valence-electron chi connectivity index (χ0n) is 31.2. The topological polar surface area (TPSA) is 138 Å². The zero-order valence-corrected chi connectivity index (χ0v) is 32.0. The third kappa shape index (κ3) is 8.68. The number of nitrogens with one attached hydrogen (secondary N) is 2. The van der Waals surface area contributed by atoms with E-state index in [4.69, 9.17) is 0 Å². The molecular weight excluding hydrogens is 851 g/mol. The molecule has 1 aliphatic carbocycles. The quantitative estimate of drug-likeness (QED) is 0.149. The number of alkyl halides is 10. The molecule has 1 saturated carbocycles. The SMILES string of the molecule is C[C@H](NC(=O)[C@@H]1C[C@@H](F)CN1C(=O)CNC(=O)c1ccc2cc(F)ccc2n1)c1cc(C2CCCN(C3CC3)C2)ccc1OS(=O)(=O)C(F)(F)C(F)(F)C(F)(F)C(F)(F)F. The fourth-order valence-electron chi connectivity index (χ4n) is 7.24. The molecule has 3 heterocycles. The van der Waals surface area contributed by atoms with Crippen molar-refractivity contribution < 1.29 is 75.3 Å². The minimum absolute atomic E-state index is 0.166. The molecule has 0 radical (unpaired) electrons. The Balaban J connectivity index is 1.22. The molecule has 2 aliphatic heterocycles. The number of hydrogen-bond acceptors (Lipinski definition) is 8. The molecule has 3 aromatic rings. The van der Waals surface area contributed by atoms with Crippen molar-refractivity contribution in [1.82, 2.24) is 25.4 Å². The number of halogens is 11. The molecule has 3 amide bonds. The van der Waals surface area contributed by atoms with E-state index in [1.165, 1.54) is 30.3 Å². The average Bonchev–Trinajstić information content (AvgIpc) is 3.96. The van der Waals surface area contributed by atoms with E-state index < -0.39 is 106 Å². The Labute approximate surface area is 334 Å². The Morgan fingerprint density at radius 2 is 1.62 bits per heavy atom. The van der Waals surface area contributed by atoms with Gasteiger partial charge in [-0.1, -0.05) is 12.1 Å². The standard InChI is InChI=1S/C37H36F11N5O6S/c1-19(50-33(56)29-15-24(39)18-53(29)31(54)16-49-32(55)28-9-4-21-13-23(38)6-10-27(21)51-28)26-14-20(22-3-2-12-52(17-22)25-7-8-25)5-11-30(26)59-60(57,58)37(47,48)35(42,43)34(40,41)36(44,45)46/h4-6,9-11,13-14,19,22,24-25,29H,2-3,7-8,12,15-18H2,1H3,(H,49,55)(H,50,56)/t19-,22?,24+,29-/m0/s1. The van der Waals surface area contributed by atoms with Gasteiger partial charge in [-0.15, -0.1) is 0 Å². The number of carbonyl (C=O) groups excluding carboxylic acids is 3. The molecule has 2 N–H and O–H groups in total. The number of aromatic nitrogens is 1. The van der Waals surface area contributed by atoms with Gasteiger partial charge >= 0.3 is 33.4 Å². The highest BCUT2D eigenvalue weighted by molar-refractivity contribution is 7.88. The molecule has 3 fully saturated rings. The first-order chi connectivity index (χ1) is 27.8. The van der Waals surface area contributed by atoms with Gasteiger partial charge in [-0.05, 0) is 87.0 Å². The Kier molecular flexibility index (Phi) is 12.1. The van der Waals surface area contributed by atoms with Crippen LogP contribution in [0.2, 0.25) is 0 Å². The largest absolute Gasteiger partial charge is 0.460 e. The number of pyridine rings is 1. The molecule has 3 aliphatic rings. The minimum Gasteiger partial charge on any atom is -0.378 e. The maximum Gasteiger partial charge on any atom is 0.460 e. The highest BCUT2D eigenvalue weighted by atomic mass is 32.2. The second-order valence-corrected chi connectivity index (χ2v) is 16.5. The van der Waals surface area contributed by atoms with Crippen LogP contribution in [-0.2, 0) is 19.7 Å². The summed E-state index contributed by atoms with van der Waals surface area (Å²) in [7, 11) is -7.38. The van der Waals surface area contributed by atoms with E-state index >= 15 is 0 Å². The van der Waals surface area contributed by atoms with E-state index in [2.05, 4.69) is 24.7 Å². The van der Waals surface area contributed by atoms with Gasteiger partial charge in [0.05, 0.1) is 24.6 Å². The van der Waals surface area contributed by atoms with Crippen LogP contribution in [0.25, 0.3) is 10.9 Å². The van der Waals surface area contributed by atoms with Crippen LogP contribution in [0, 0.1) is 5.82 Å². The van der Waals surface area contributed by atoms with Gasteiger partial charge in [0.2, 0.25) is 11.8 Å². The first kappa shape index (κ1) is 44.7. The molecule has 4 atom stereocenters. The highest BCUT2D eigenvalue weighted by Crippen LogP contribution is 2.55. The van der Waals surface area contributed by atoms with Gasteiger partial charge in [0, 0.05) is 30.0 Å². The van der Waals surface area contributed by atoms with Crippen molar-refractivity contribution in [1.29, 1.82) is 0 Å². The predicted molar refractivity (Wildman–Crippen MR) is 189 cm³/mol. The lowest BCUT2D eigenvalue weighted by Crippen LogP contribution is -2.63. The molecule has 6 rings (SSSR count). The lowest BCUT2D eigenvalue weighted by Gasteiger charge is -2.34. The summed E-state index contributed by atoms with van der Waals surface area (Å²) in [6.07, 6.45) is -6.54. The van der Waals surface area contributed by atoms with E-state index in [0.29, 0.717) is 42.4 Å². The lowest BCUT2D eigenvalue weighted by molar-refractivity contribution is -0.382. The van der Waals surface area contributed by atoms with Gasteiger partial charge in [0.1, 0.15) is 29.5 Å². The van der Waals surface area contributed by atoms with Crippen LogP contribution in [0.5, 0.6) is 5.75 Å². The first-order valence-corrected chi connectivity index (χ1v) is 19.9.